The van der Waals surface area contributed by atoms with Crippen LogP contribution in [-0.4, -0.2) is 23.3 Å². The summed E-state index contributed by atoms with van der Waals surface area (Å²) in [5.74, 6) is -0.243. The second-order valence-corrected chi connectivity index (χ2v) is 5.31. The van der Waals surface area contributed by atoms with E-state index in [-0.39, 0.29) is 5.97 Å². The van der Waals surface area contributed by atoms with Gasteiger partial charge in [0.2, 0.25) is 0 Å². The lowest BCUT2D eigenvalue weighted by Gasteiger charge is -2.43. The van der Waals surface area contributed by atoms with E-state index in [0.29, 0.717) is 25.0 Å². The van der Waals surface area contributed by atoms with E-state index in [1.807, 2.05) is 0 Å². The summed E-state index contributed by atoms with van der Waals surface area (Å²) in [4.78, 5) is 11.6. The highest BCUT2D eigenvalue weighted by Gasteiger charge is 2.43. The zero-order valence-electron chi connectivity index (χ0n) is 11.3. The minimum absolute atomic E-state index is 0.243. The van der Waals surface area contributed by atoms with Gasteiger partial charge >= 0.3 is 5.97 Å². The van der Waals surface area contributed by atoms with Crippen LogP contribution in [0.3, 0.4) is 0 Å². The van der Waals surface area contributed by atoms with Gasteiger partial charge in [-0.05, 0) is 45.1 Å². The molecule has 1 saturated carbocycles. The van der Waals surface area contributed by atoms with Gasteiger partial charge in [0.25, 0.3) is 0 Å². The van der Waals surface area contributed by atoms with Crippen molar-refractivity contribution >= 4 is 5.97 Å². The molecule has 100 valence electrons. The molecule has 2 rings (SSSR count). The van der Waals surface area contributed by atoms with Gasteiger partial charge in [-0.3, -0.25) is 0 Å². The summed E-state index contributed by atoms with van der Waals surface area (Å²) in [6, 6.07) is 0. The number of esters is 1. The highest BCUT2D eigenvalue weighted by atomic mass is 16.5. The molecule has 0 heterocycles. The van der Waals surface area contributed by atoms with Crippen LogP contribution in [-0.2, 0) is 9.53 Å². The van der Waals surface area contributed by atoms with Gasteiger partial charge in [-0.25, -0.2) is 4.79 Å². The fourth-order valence-corrected chi connectivity index (χ4v) is 2.79. The third kappa shape index (κ3) is 2.51. The first-order valence-electron chi connectivity index (χ1n) is 6.84. The SMILES string of the molecule is CCOC(=O)C(C)=C1CC(O)(C2=CCCCC2)C1. The first kappa shape index (κ1) is 13.3. The largest absolute Gasteiger partial charge is 0.463 e. The van der Waals surface area contributed by atoms with Crippen molar-refractivity contribution in [2.75, 3.05) is 6.61 Å². The minimum Gasteiger partial charge on any atom is -0.463 e. The summed E-state index contributed by atoms with van der Waals surface area (Å²) in [6.07, 6.45) is 7.86. The Balaban J connectivity index is 2.02. The van der Waals surface area contributed by atoms with E-state index in [9.17, 15) is 9.90 Å². The number of hydrogen-bond donors (Lipinski definition) is 1. The Morgan fingerprint density at radius 2 is 2.17 bits per heavy atom. The lowest BCUT2D eigenvalue weighted by molar-refractivity contribution is -0.138. The monoisotopic (exact) mass is 250 g/mol. The van der Waals surface area contributed by atoms with E-state index in [1.165, 1.54) is 18.4 Å². The van der Waals surface area contributed by atoms with E-state index in [0.717, 1.165) is 18.4 Å². The van der Waals surface area contributed by atoms with Gasteiger partial charge in [0.05, 0.1) is 12.2 Å². The molecule has 2 aliphatic carbocycles. The maximum absolute atomic E-state index is 11.6. The second-order valence-electron chi connectivity index (χ2n) is 5.31. The van der Waals surface area contributed by atoms with E-state index in [1.54, 1.807) is 13.8 Å². The molecule has 0 saturated heterocycles. The summed E-state index contributed by atoms with van der Waals surface area (Å²) in [7, 11) is 0. The lowest BCUT2D eigenvalue weighted by Crippen LogP contribution is -2.42. The predicted octanol–water partition coefficient (Wildman–Crippen LogP) is 2.89. The Hall–Kier alpha value is -1.09. The number of aliphatic hydroxyl groups is 1. The predicted molar refractivity (Wildman–Crippen MR) is 70.1 cm³/mol. The Morgan fingerprint density at radius 1 is 1.44 bits per heavy atom. The standard InChI is InChI=1S/C15H22O3/c1-3-18-14(16)11(2)12-9-15(17,10-12)13-7-5-4-6-8-13/h7,17H,3-6,8-10H2,1-2H3. The molecule has 0 radical (unpaired) electrons. The molecule has 1 N–H and O–H groups in total. The number of carbonyl (C=O) groups is 1. The van der Waals surface area contributed by atoms with E-state index < -0.39 is 5.60 Å². The molecule has 0 spiro atoms. The molecule has 0 unspecified atom stereocenters. The van der Waals surface area contributed by atoms with Crippen LogP contribution in [0.25, 0.3) is 0 Å². The summed E-state index contributed by atoms with van der Waals surface area (Å²) in [5.41, 5.74) is 2.22. The maximum atomic E-state index is 11.6. The lowest BCUT2D eigenvalue weighted by atomic mass is 9.67. The number of allylic oxidation sites excluding steroid dienone is 1. The van der Waals surface area contributed by atoms with Crippen LogP contribution in [0, 0.1) is 0 Å². The molecule has 1 fully saturated rings. The van der Waals surface area contributed by atoms with Crippen LogP contribution in [0.5, 0.6) is 0 Å². The van der Waals surface area contributed by atoms with Gasteiger partial charge in [-0.2, -0.15) is 0 Å². The molecule has 0 aromatic carbocycles. The Morgan fingerprint density at radius 3 is 2.72 bits per heavy atom. The van der Waals surface area contributed by atoms with Crippen molar-refractivity contribution in [1.82, 2.24) is 0 Å². The van der Waals surface area contributed by atoms with Crippen LogP contribution in [0.15, 0.2) is 22.8 Å². The van der Waals surface area contributed by atoms with Gasteiger partial charge in [0.15, 0.2) is 0 Å². The number of carbonyl (C=O) groups excluding carboxylic acids is 1. The topological polar surface area (TPSA) is 46.5 Å². The van der Waals surface area contributed by atoms with Crippen molar-refractivity contribution in [2.24, 2.45) is 0 Å². The second kappa shape index (κ2) is 5.27. The highest BCUT2D eigenvalue weighted by molar-refractivity contribution is 5.89. The molecule has 3 nitrogen and oxygen atoms in total. The molecule has 0 bridgehead atoms. The Bertz CT molecular complexity index is 396. The zero-order valence-corrected chi connectivity index (χ0v) is 11.3. The smallest absolute Gasteiger partial charge is 0.333 e. The quantitative estimate of drug-likeness (QED) is 0.476. The highest BCUT2D eigenvalue weighted by Crippen LogP contribution is 2.46. The zero-order chi connectivity index (χ0) is 13.2. The van der Waals surface area contributed by atoms with E-state index >= 15 is 0 Å². The summed E-state index contributed by atoms with van der Waals surface area (Å²) < 4.78 is 4.98. The number of rotatable bonds is 3. The average molecular weight is 250 g/mol. The molecular formula is C15H22O3. The first-order chi connectivity index (χ1) is 8.57. The van der Waals surface area contributed by atoms with E-state index in [4.69, 9.17) is 4.74 Å². The van der Waals surface area contributed by atoms with Crippen molar-refractivity contribution < 1.29 is 14.6 Å². The summed E-state index contributed by atoms with van der Waals surface area (Å²) in [5, 5.41) is 10.5. The molecule has 0 aromatic rings. The van der Waals surface area contributed by atoms with Gasteiger partial charge in [0.1, 0.15) is 0 Å². The minimum atomic E-state index is -0.677. The van der Waals surface area contributed by atoms with Crippen LogP contribution < -0.4 is 0 Å². The van der Waals surface area contributed by atoms with Crippen molar-refractivity contribution in [3.63, 3.8) is 0 Å². The molecule has 0 aliphatic heterocycles. The molecule has 0 aromatic heterocycles. The average Bonchev–Trinajstić information content (AvgIpc) is 2.35. The number of hydrogen-bond acceptors (Lipinski definition) is 3. The molecule has 18 heavy (non-hydrogen) atoms. The van der Waals surface area contributed by atoms with E-state index in [2.05, 4.69) is 6.08 Å². The van der Waals surface area contributed by atoms with Crippen molar-refractivity contribution in [2.45, 2.75) is 58.0 Å². The van der Waals surface area contributed by atoms with Gasteiger partial charge in [-0.15, -0.1) is 0 Å². The maximum Gasteiger partial charge on any atom is 0.333 e. The van der Waals surface area contributed by atoms with Crippen LogP contribution >= 0.6 is 0 Å². The summed E-state index contributed by atoms with van der Waals surface area (Å²) in [6.45, 7) is 4.00. The third-order valence-corrected chi connectivity index (χ3v) is 4.01. The number of ether oxygens (including phenoxy) is 1. The molecule has 0 amide bonds. The molecule has 2 aliphatic rings. The van der Waals surface area contributed by atoms with Gasteiger partial charge in [0, 0.05) is 18.4 Å². The van der Waals surface area contributed by atoms with Gasteiger partial charge < -0.3 is 9.84 Å². The van der Waals surface area contributed by atoms with Crippen LogP contribution in [0.4, 0.5) is 0 Å². The van der Waals surface area contributed by atoms with Crippen LogP contribution in [0.2, 0.25) is 0 Å². The van der Waals surface area contributed by atoms with Crippen LogP contribution in [0.1, 0.15) is 52.4 Å². The molecule has 3 heteroatoms. The Labute approximate surface area is 109 Å². The summed E-state index contributed by atoms with van der Waals surface area (Å²) >= 11 is 0. The normalized spacial score (nSPS) is 27.3. The van der Waals surface area contributed by atoms with Crippen molar-refractivity contribution in [3.8, 4) is 0 Å². The first-order valence-corrected chi connectivity index (χ1v) is 6.84. The molecule has 0 atom stereocenters. The van der Waals surface area contributed by atoms with Crippen molar-refractivity contribution in [3.05, 3.63) is 22.8 Å². The third-order valence-electron chi connectivity index (χ3n) is 4.01. The molecular weight excluding hydrogens is 228 g/mol. The fraction of sp³-hybridized carbons (Fsp3) is 0.667. The van der Waals surface area contributed by atoms with Crippen molar-refractivity contribution in [1.29, 1.82) is 0 Å². The Kier molecular flexibility index (Phi) is 3.91. The fourth-order valence-electron chi connectivity index (χ4n) is 2.79. The van der Waals surface area contributed by atoms with Gasteiger partial charge in [-0.1, -0.05) is 11.6 Å².